The number of aryl methyl sites for hydroxylation is 1. The van der Waals surface area contributed by atoms with Crippen LogP contribution in [0.15, 0.2) is 24.5 Å². The average molecular weight is 364 g/mol. The van der Waals surface area contributed by atoms with E-state index in [4.69, 9.17) is 4.74 Å². The van der Waals surface area contributed by atoms with E-state index in [1.54, 1.807) is 24.0 Å². The van der Waals surface area contributed by atoms with Crippen LogP contribution in [0.25, 0.3) is 16.7 Å². The van der Waals surface area contributed by atoms with Gasteiger partial charge in [0.1, 0.15) is 11.8 Å². The van der Waals surface area contributed by atoms with E-state index in [0.29, 0.717) is 11.8 Å². The van der Waals surface area contributed by atoms with Crippen molar-refractivity contribution in [1.29, 1.82) is 0 Å². The molecule has 0 atom stereocenters. The van der Waals surface area contributed by atoms with Crippen molar-refractivity contribution in [1.82, 2.24) is 34.8 Å². The number of anilines is 1. The fourth-order valence-electron chi connectivity index (χ4n) is 3.80. The van der Waals surface area contributed by atoms with Crippen LogP contribution in [0.2, 0.25) is 0 Å². The molecule has 1 aliphatic rings. The molecular formula is C18H20N8O. The molecule has 9 heteroatoms. The Hall–Kier alpha value is -3.23. The Labute approximate surface area is 155 Å². The Morgan fingerprint density at radius 2 is 2.00 bits per heavy atom. The van der Waals surface area contributed by atoms with Crippen LogP contribution in [0.4, 0.5) is 5.82 Å². The molecule has 0 aromatic carbocycles. The van der Waals surface area contributed by atoms with E-state index in [0.717, 1.165) is 59.9 Å². The van der Waals surface area contributed by atoms with Gasteiger partial charge in [0.15, 0.2) is 17.3 Å². The fraction of sp³-hybridized carbons (Fsp3) is 0.389. The molecule has 0 unspecified atom stereocenters. The van der Waals surface area contributed by atoms with Crippen molar-refractivity contribution in [2.75, 3.05) is 25.1 Å². The van der Waals surface area contributed by atoms with Crippen molar-refractivity contribution < 1.29 is 4.74 Å². The van der Waals surface area contributed by atoms with Crippen LogP contribution in [-0.2, 0) is 0 Å². The molecule has 1 fully saturated rings. The Bertz CT molecular complexity index is 1110. The third kappa shape index (κ3) is 2.66. The SMILES string of the molecule is COc1ccc2nnc(C3CCN(c4ncnc5cc(C)[nH]c45)CC3)n2n1. The number of fused-ring (bicyclic) bond motifs is 2. The molecule has 1 aliphatic heterocycles. The van der Waals surface area contributed by atoms with Gasteiger partial charge in [-0.3, -0.25) is 0 Å². The summed E-state index contributed by atoms with van der Waals surface area (Å²) in [6.07, 6.45) is 3.56. The molecule has 138 valence electrons. The van der Waals surface area contributed by atoms with Crippen LogP contribution in [0, 0.1) is 6.92 Å². The van der Waals surface area contributed by atoms with Crippen LogP contribution < -0.4 is 9.64 Å². The largest absolute Gasteiger partial charge is 0.480 e. The van der Waals surface area contributed by atoms with Crippen molar-refractivity contribution in [2.24, 2.45) is 0 Å². The summed E-state index contributed by atoms with van der Waals surface area (Å²) < 4.78 is 7.04. The van der Waals surface area contributed by atoms with Gasteiger partial charge in [-0.05, 0) is 31.9 Å². The van der Waals surface area contributed by atoms with Crippen molar-refractivity contribution >= 4 is 22.5 Å². The number of ether oxygens (including phenoxy) is 1. The summed E-state index contributed by atoms with van der Waals surface area (Å²) in [5.41, 5.74) is 3.80. The van der Waals surface area contributed by atoms with Gasteiger partial charge in [0, 0.05) is 30.8 Å². The number of rotatable bonds is 3. The van der Waals surface area contributed by atoms with Gasteiger partial charge in [0.25, 0.3) is 0 Å². The van der Waals surface area contributed by atoms with Crippen molar-refractivity contribution in [3.05, 3.63) is 36.0 Å². The highest BCUT2D eigenvalue weighted by Gasteiger charge is 2.27. The first kappa shape index (κ1) is 16.0. The van der Waals surface area contributed by atoms with Crippen LogP contribution in [0.5, 0.6) is 5.88 Å². The topological polar surface area (TPSA) is 97.1 Å². The van der Waals surface area contributed by atoms with Gasteiger partial charge in [0.05, 0.1) is 12.6 Å². The molecule has 0 amide bonds. The number of hydrogen-bond acceptors (Lipinski definition) is 7. The lowest BCUT2D eigenvalue weighted by Gasteiger charge is -2.32. The lowest BCUT2D eigenvalue weighted by Crippen LogP contribution is -2.34. The lowest BCUT2D eigenvalue weighted by molar-refractivity contribution is 0.387. The van der Waals surface area contributed by atoms with Gasteiger partial charge in [-0.2, -0.15) is 4.52 Å². The molecule has 1 saturated heterocycles. The minimum absolute atomic E-state index is 0.304. The first-order chi connectivity index (χ1) is 13.2. The second-order valence-electron chi connectivity index (χ2n) is 6.88. The van der Waals surface area contributed by atoms with E-state index in [2.05, 4.69) is 41.2 Å². The predicted octanol–water partition coefficient (Wildman–Crippen LogP) is 2.10. The Kier molecular flexibility index (Phi) is 3.66. The second-order valence-corrected chi connectivity index (χ2v) is 6.88. The highest BCUT2D eigenvalue weighted by atomic mass is 16.5. The smallest absolute Gasteiger partial charge is 0.231 e. The molecule has 0 spiro atoms. The van der Waals surface area contributed by atoms with Crippen molar-refractivity contribution in [3.63, 3.8) is 0 Å². The number of piperidine rings is 1. The van der Waals surface area contributed by atoms with Crippen LogP contribution >= 0.6 is 0 Å². The number of nitrogens with one attached hydrogen (secondary N) is 1. The van der Waals surface area contributed by atoms with E-state index in [1.807, 2.05) is 13.0 Å². The maximum atomic E-state index is 5.24. The molecule has 0 radical (unpaired) electrons. The fourth-order valence-corrected chi connectivity index (χ4v) is 3.80. The second kappa shape index (κ2) is 6.19. The minimum atomic E-state index is 0.304. The zero-order valence-corrected chi connectivity index (χ0v) is 15.3. The molecule has 5 heterocycles. The van der Waals surface area contributed by atoms with Crippen LogP contribution in [-0.4, -0.2) is 55.0 Å². The van der Waals surface area contributed by atoms with Crippen LogP contribution in [0.3, 0.4) is 0 Å². The monoisotopic (exact) mass is 364 g/mol. The molecule has 0 aliphatic carbocycles. The van der Waals surface area contributed by atoms with Gasteiger partial charge >= 0.3 is 0 Å². The van der Waals surface area contributed by atoms with Crippen LogP contribution in [0.1, 0.15) is 30.3 Å². The minimum Gasteiger partial charge on any atom is -0.480 e. The maximum absolute atomic E-state index is 5.24. The van der Waals surface area contributed by atoms with Crippen molar-refractivity contribution in [3.8, 4) is 5.88 Å². The highest BCUT2D eigenvalue weighted by Crippen LogP contribution is 2.31. The summed E-state index contributed by atoms with van der Waals surface area (Å²) in [5.74, 6) is 2.73. The number of methoxy groups -OCH3 is 1. The van der Waals surface area contributed by atoms with Gasteiger partial charge in [-0.15, -0.1) is 15.3 Å². The third-order valence-corrected chi connectivity index (χ3v) is 5.16. The lowest BCUT2D eigenvalue weighted by atomic mass is 9.96. The normalized spacial score (nSPS) is 15.7. The molecule has 0 bridgehead atoms. The molecule has 4 aromatic heterocycles. The molecular weight excluding hydrogens is 344 g/mol. The Balaban J connectivity index is 1.40. The summed E-state index contributed by atoms with van der Waals surface area (Å²) in [4.78, 5) is 14.6. The highest BCUT2D eigenvalue weighted by molar-refractivity contribution is 5.86. The first-order valence-corrected chi connectivity index (χ1v) is 9.04. The quantitative estimate of drug-likeness (QED) is 0.594. The zero-order chi connectivity index (χ0) is 18.4. The van der Waals surface area contributed by atoms with E-state index >= 15 is 0 Å². The number of aromatic amines is 1. The Morgan fingerprint density at radius 1 is 1.15 bits per heavy atom. The summed E-state index contributed by atoms with van der Waals surface area (Å²) in [6, 6.07) is 5.73. The van der Waals surface area contributed by atoms with Gasteiger partial charge in [-0.1, -0.05) is 0 Å². The maximum Gasteiger partial charge on any atom is 0.231 e. The Morgan fingerprint density at radius 3 is 2.81 bits per heavy atom. The van der Waals surface area contributed by atoms with Gasteiger partial charge < -0.3 is 14.6 Å². The summed E-state index contributed by atoms with van der Waals surface area (Å²) in [7, 11) is 1.61. The number of nitrogens with zero attached hydrogens (tertiary/aromatic N) is 7. The molecule has 5 rings (SSSR count). The zero-order valence-electron chi connectivity index (χ0n) is 15.3. The summed E-state index contributed by atoms with van der Waals surface area (Å²) in [6.45, 7) is 3.83. The molecule has 27 heavy (non-hydrogen) atoms. The number of H-pyrrole nitrogens is 1. The predicted molar refractivity (Wildman–Crippen MR) is 100 cm³/mol. The molecule has 0 saturated carbocycles. The van der Waals surface area contributed by atoms with Gasteiger partial charge in [0.2, 0.25) is 5.88 Å². The molecule has 1 N–H and O–H groups in total. The molecule has 9 nitrogen and oxygen atoms in total. The first-order valence-electron chi connectivity index (χ1n) is 9.04. The standard InChI is InChI=1S/C18H20N8O/c1-11-9-13-16(21-11)18(20-10-19-13)25-7-5-12(6-8-25)17-23-22-14-3-4-15(27-2)24-26(14)17/h3-4,9-10,12,21H,5-8H2,1-2H3. The molecule has 4 aromatic rings. The number of aromatic nitrogens is 7. The number of hydrogen-bond donors (Lipinski definition) is 1. The summed E-state index contributed by atoms with van der Waals surface area (Å²) in [5, 5.41) is 13.1. The third-order valence-electron chi connectivity index (χ3n) is 5.16. The van der Waals surface area contributed by atoms with E-state index < -0.39 is 0 Å². The van der Waals surface area contributed by atoms with Crippen molar-refractivity contribution in [2.45, 2.75) is 25.7 Å². The average Bonchev–Trinajstić information content (AvgIpc) is 3.29. The summed E-state index contributed by atoms with van der Waals surface area (Å²) >= 11 is 0. The van der Waals surface area contributed by atoms with E-state index in [9.17, 15) is 0 Å². The van der Waals surface area contributed by atoms with E-state index in [-0.39, 0.29) is 0 Å². The van der Waals surface area contributed by atoms with E-state index in [1.165, 1.54) is 0 Å². The van der Waals surface area contributed by atoms with Gasteiger partial charge in [-0.25, -0.2) is 9.97 Å².